The predicted molar refractivity (Wildman–Crippen MR) is 73.7 cm³/mol. The summed E-state index contributed by atoms with van der Waals surface area (Å²) in [5.74, 6) is -0.273. The third kappa shape index (κ3) is 2.60. The maximum absolute atomic E-state index is 13.3. The molecule has 0 spiro atoms. The first-order valence-corrected chi connectivity index (χ1v) is 7.16. The average Bonchev–Trinajstić information content (AvgIpc) is 2.76. The number of hydrogen-bond donors (Lipinski definition) is 1. The van der Waals surface area contributed by atoms with Gasteiger partial charge in [0.05, 0.1) is 6.61 Å². The van der Waals surface area contributed by atoms with E-state index in [1.165, 1.54) is 31.5 Å². The van der Waals surface area contributed by atoms with Gasteiger partial charge >= 0.3 is 0 Å². The monoisotopic (exact) mass is 264 g/mol. The lowest BCUT2D eigenvalue weighted by Gasteiger charge is -2.28. The van der Waals surface area contributed by atoms with E-state index in [-0.39, 0.29) is 12.4 Å². The van der Waals surface area contributed by atoms with Gasteiger partial charge in [-0.25, -0.2) is 4.39 Å². The first-order valence-electron chi connectivity index (χ1n) is 7.16. The van der Waals surface area contributed by atoms with Gasteiger partial charge in [0.25, 0.3) is 0 Å². The van der Waals surface area contributed by atoms with Gasteiger partial charge in [-0.2, -0.15) is 0 Å². The van der Waals surface area contributed by atoms with Crippen molar-refractivity contribution in [2.45, 2.75) is 31.9 Å². The summed E-state index contributed by atoms with van der Waals surface area (Å²) in [6.07, 6.45) is 3.68. The standard InChI is InChI=1S/C15H21FN2O/c16-13-4-5-15(12(9-13)11-19)18-8-2-7-17-6-1-3-14(17)10-18/h4-5,9,14,19H,1-3,6-8,10-11H2. The third-order valence-electron chi connectivity index (χ3n) is 4.36. The second-order valence-electron chi connectivity index (χ2n) is 5.56. The molecule has 0 amide bonds. The Morgan fingerprint density at radius 3 is 2.89 bits per heavy atom. The van der Waals surface area contributed by atoms with Gasteiger partial charge in [0, 0.05) is 36.9 Å². The SMILES string of the molecule is OCc1cc(F)ccc1N1CCCN2CCCC2C1. The largest absolute Gasteiger partial charge is 0.392 e. The van der Waals surface area contributed by atoms with E-state index in [0.717, 1.165) is 31.7 Å². The van der Waals surface area contributed by atoms with Crippen molar-refractivity contribution >= 4 is 5.69 Å². The predicted octanol–water partition coefficient (Wildman–Crippen LogP) is 1.99. The van der Waals surface area contributed by atoms with Gasteiger partial charge in [0.2, 0.25) is 0 Å². The quantitative estimate of drug-likeness (QED) is 0.885. The fourth-order valence-electron chi connectivity index (χ4n) is 3.41. The molecule has 2 aliphatic rings. The van der Waals surface area contributed by atoms with E-state index in [4.69, 9.17) is 0 Å². The number of anilines is 1. The first kappa shape index (κ1) is 12.9. The zero-order valence-electron chi connectivity index (χ0n) is 11.2. The highest BCUT2D eigenvalue weighted by atomic mass is 19.1. The summed E-state index contributed by atoms with van der Waals surface area (Å²) in [6, 6.07) is 5.38. The molecule has 1 aromatic rings. The fourth-order valence-corrected chi connectivity index (χ4v) is 3.41. The minimum atomic E-state index is -0.273. The molecule has 1 aromatic carbocycles. The molecule has 0 saturated carbocycles. The molecule has 2 aliphatic heterocycles. The maximum Gasteiger partial charge on any atom is 0.123 e. The Bertz CT molecular complexity index is 452. The van der Waals surface area contributed by atoms with Crippen LogP contribution >= 0.6 is 0 Å². The van der Waals surface area contributed by atoms with Crippen LogP contribution < -0.4 is 4.90 Å². The van der Waals surface area contributed by atoms with Crippen LogP contribution in [0.2, 0.25) is 0 Å². The Morgan fingerprint density at radius 1 is 1.21 bits per heavy atom. The van der Waals surface area contributed by atoms with Gasteiger partial charge in [-0.3, -0.25) is 4.90 Å². The topological polar surface area (TPSA) is 26.7 Å². The second-order valence-corrected chi connectivity index (χ2v) is 5.56. The maximum atomic E-state index is 13.3. The molecule has 3 nitrogen and oxygen atoms in total. The number of nitrogens with zero attached hydrogens (tertiary/aromatic N) is 2. The Labute approximate surface area is 113 Å². The lowest BCUT2D eigenvalue weighted by Crippen LogP contribution is -2.37. The Hall–Kier alpha value is -1.13. The molecule has 0 radical (unpaired) electrons. The minimum absolute atomic E-state index is 0.0992. The van der Waals surface area contributed by atoms with Crippen LogP contribution in [-0.2, 0) is 6.61 Å². The van der Waals surface area contributed by atoms with Crippen LogP contribution in [0.3, 0.4) is 0 Å². The van der Waals surface area contributed by atoms with Crippen LogP contribution in [-0.4, -0.2) is 42.2 Å². The molecule has 2 heterocycles. The summed E-state index contributed by atoms with van der Waals surface area (Å²) in [6.45, 7) is 4.27. The highest BCUT2D eigenvalue weighted by molar-refractivity contribution is 5.54. The van der Waals surface area contributed by atoms with Crippen LogP contribution in [0.25, 0.3) is 0 Å². The zero-order valence-corrected chi connectivity index (χ0v) is 11.2. The number of benzene rings is 1. The Kier molecular flexibility index (Phi) is 3.71. The molecule has 1 N–H and O–H groups in total. The van der Waals surface area contributed by atoms with Gasteiger partial charge in [-0.05, 0) is 44.0 Å². The van der Waals surface area contributed by atoms with E-state index in [0.29, 0.717) is 11.6 Å². The van der Waals surface area contributed by atoms with Gasteiger partial charge in [0.1, 0.15) is 5.82 Å². The molecule has 2 saturated heterocycles. The number of halogens is 1. The fraction of sp³-hybridized carbons (Fsp3) is 0.600. The highest BCUT2D eigenvalue weighted by Crippen LogP contribution is 2.27. The molecule has 0 bridgehead atoms. The van der Waals surface area contributed by atoms with E-state index in [2.05, 4.69) is 9.80 Å². The van der Waals surface area contributed by atoms with Crippen LogP contribution in [0.5, 0.6) is 0 Å². The first-order chi connectivity index (χ1) is 9.28. The number of fused-ring (bicyclic) bond motifs is 1. The highest BCUT2D eigenvalue weighted by Gasteiger charge is 2.29. The van der Waals surface area contributed by atoms with Crippen molar-refractivity contribution in [1.29, 1.82) is 0 Å². The molecule has 104 valence electrons. The molecular weight excluding hydrogens is 243 g/mol. The number of aliphatic hydroxyl groups excluding tert-OH is 1. The van der Waals surface area contributed by atoms with E-state index >= 15 is 0 Å². The Morgan fingerprint density at radius 2 is 2.05 bits per heavy atom. The van der Waals surface area contributed by atoms with Crippen molar-refractivity contribution in [2.24, 2.45) is 0 Å². The van der Waals surface area contributed by atoms with E-state index in [1.807, 2.05) is 6.07 Å². The summed E-state index contributed by atoms with van der Waals surface area (Å²) < 4.78 is 13.3. The molecule has 1 atom stereocenters. The average molecular weight is 264 g/mol. The summed E-state index contributed by atoms with van der Waals surface area (Å²) in [7, 11) is 0. The second kappa shape index (κ2) is 5.47. The van der Waals surface area contributed by atoms with Crippen molar-refractivity contribution in [3.63, 3.8) is 0 Å². The smallest absolute Gasteiger partial charge is 0.123 e. The van der Waals surface area contributed by atoms with Crippen LogP contribution in [0.15, 0.2) is 18.2 Å². The third-order valence-corrected chi connectivity index (χ3v) is 4.36. The van der Waals surface area contributed by atoms with Crippen LogP contribution in [0.1, 0.15) is 24.8 Å². The van der Waals surface area contributed by atoms with Crippen LogP contribution in [0, 0.1) is 5.82 Å². The molecule has 0 aliphatic carbocycles. The number of aliphatic hydroxyl groups is 1. The van der Waals surface area contributed by atoms with E-state index < -0.39 is 0 Å². The lowest BCUT2D eigenvalue weighted by molar-refractivity contribution is 0.272. The van der Waals surface area contributed by atoms with Crippen LogP contribution in [0.4, 0.5) is 10.1 Å². The summed E-state index contributed by atoms with van der Waals surface area (Å²) in [5.41, 5.74) is 1.70. The summed E-state index contributed by atoms with van der Waals surface area (Å²) >= 11 is 0. The minimum Gasteiger partial charge on any atom is -0.392 e. The molecule has 1 unspecified atom stereocenters. The van der Waals surface area contributed by atoms with E-state index in [1.54, 1.807) is 0 Å². The summed E-state index contributed by atoms with van der Waals surface area (Å²) in [5, 5.41) is 9.43. The van der Waals surface area contributed by atoms with Gasteiger partial charge in [0.15, 0.2) is 0 Å². The normalized spacial score (nSPS) is 24.3. The van der Waals surface area contributed by atoms with Crippen molar-refractivity contribution in [3.05, 3.63) is 29.6 Å². The zero-order chi connectivity index (χ0) is 13.2. The van der Waals surface area contributed by atoms with Crippen molar-refractivity contribution < 1.29 is 9.50 Å². The Balaban J connectivity index is 1.84. The molecule has 19 heavy (non-hydrogen) atoms. The molecule has 4 heteroatoms. The molecular formula is C15H21FN2O. The van der Waals surface area contributed by atoms with Crippen molar-refractivity contribution in [1.82, 2.24) is 4.90 Å². The van der Waals surface area contributed by atoms with Crippen molar-refractivity contribution in [3.8, 4) is 0 Å². The molecule has 3 rings (SSSR count). The lowest BCUT2D eigenvalue weighted by atomic mass is 10.1. The number of hydrogen-bond acceptors (Lipinski definition) is 3. The van der Waals surface area contributed by atoms with Gasteiger partial charge < -0.3 is 10.0 Å². The summed E-state index contributed by atoms with van der Waals surface area (Å²) in [4.78, 5) is 4.89. The van der Waals surface area contributed by atoms with Gasteiger partial charge in [-0.15, -0.1) is 0 Å². The molecule has 0 aromatic heterocycles. The van der Waals surface area contributed by atoms with Gasteiger partial charge in [-0.1, -0.05) is 0 Å². The molecule has 2 fully saturated rings. The van der Waals surface area contributed by atoms with E-state index in [9.17, 15) is 9.50 Å². The van der Waals surface area contributed by atoms with Crippen molar-refractivity contribution in [2.75, 3.05) is 31.1 Å². The number of rotatable bonds is 2.